The molecule has 1 atom stereocenters. The van der Waals surface area contributed by atoms with Crippen LogP contribution in [0.4, 0.5) is 11.4 Å². The zero-order chi connectivity index (χ0) is 21.4. The molecule has 0 saturated carbocycles. The number of rotatable bonds is 5. The molecule has 0 bridgehead atoms. The number of amides is 1. The van der Waals surface area contributed by atoms with Gasteiger partial charge in [0, 0.05) is 11.4 Å². The fraction of sp³-hybridized carbons (Fsp3) is 0.240. The van der Waals surface area contributed by atoms with Crippen molar-refractivity contribution in [3.05, 3.63) is 83.9 Å². The van der Waals surface area contributed by atoms with E-state index in [0.717, 1.165) is 17.8 Å². The molecule has 31 heavy (non-hydrogen) atoms. The van der Waals surface area contributed by atoms with Crippen LogP contribution in [0.3, 0.4) is 0 Å². The Morgan fingerprint density at radius 2 is 1.68 bits per heavy atom. The van der Waals surface area contributed by atoms with Crippen LogP contribution in [0.5, 0.6) is 0 Å². The monoisotopic (exact) mass is 432 g/mol. The Labute approximate surface area is 182 Å². The third-order valence-corrected chi connectivity index (χ3v) is 7.86. The number of anilines is 2. The fourth-order valence-electron chi connectivity index (χ4n) is 4.64. The molecule has 1 unspecified atom stereocenters. The number of sulfone groups is 1. The highest BCUT2D eigenvalue weighted by Crippen LogP contribution is 2.37. The molecular weight excluding hydrogens is 408 g/mol. The molecule has 1 heterocycles. The lowest BCUT2D eigenvalue weighted by Crippen LogP contribution is -2.44. The Bertz CT molecular complexity index is 1240. The van der Waals surface area contributed by atoms with Crippen LogP contribution in [-0.4, -0.2) is 38.4 Å². The topological polar surface area (TPSA) is 66.5 Å². The van der Waals surface area contributed by atoms with Crippen molar-refractivity contribution in [3.8, 4) is 11.1 Å². The van der Waals surface area contributed by atoms with Crippen LogP contribution in [0.25, 0.3) is 11.1 Å². The normalized spacial score (nSPS) is 18.3. The zero-order valence-electron chi connectivity index (χ0n) is 17.1. The summed E-state index contributed by atoms with van der Waals surface area (Å²) in [5, 5.41) is 3.25. The Balaban J connectivity index is 1.33. The molecule has 0 radical (unpaired) electrons. The predicted molar refractivity (Wildman–Crippen MR) is 124 cm³/mol. The molecule has 1 saturated heterocycles. The quantitative estimate of drug-likeness (QED) is 0.520. The maximum absolute atomic E-state index is 13.2. The van der Waals surface area contributed by atoms with Gasteiger partial charge in [-0.1, -0.05) is 48.5 Å². The minimum Gasteiger partial charge on any atom is -0.376 e. The Morgan fingerprint density at radius 1 is 0.935 bits per heavy atom. The van der Waals surface area contributed by atoms with Crippen molar-refractivity contribution in [2.75, 3.05) is 28.3 Å². The van der Waals surface area contributed by atoms with Gasteiger partial charge >= 0.3 is 0 Å². The lowest BCUT2D eigenvalue weighted by Gasteiger charge is -2.28. The third kappa shape index (κ3) is 3.95. The maximum Gasteiger partial charge on any atom is 0.246 e. The lowest BCUT2D eigenvalue weighted by molar-refractivity contribution is -0.117. The van der Waals surface area contributed by atoms with Crippen LogP contribution in [0, 0.1) is 0 Å². The molecule has 5 rings (SSSR count). The van der Waals surface area contributed by atoms with Crippen molar-refractivity contribution in [1.82, 2.24) is 0 Å². The minimum absolute atomic E-state index is 0.0186. The molecule has 0 aromatic heterocycles. The molecule has 1 N–H and O–H groups in total. The van der Waals surface area contributed by atoms with Gasteiger partial charge in [-0.25, -0.2) is 8.42 Å². The second kappa shape index (κ2) is 7.85. The molecule has 1 fully saturated rings. The van der Waals surface area contributed by atoms with E-state index in [2.05, 4.69) is 41.7 Å². The molecule has 158 valence electrons. The van der Waals surface area contributed by atoms with Crippen molar-refractivity contribution >= 4 is 27.1 Å². The first-order valence-electron chi connectivity index (χ1n) is 10.5. The van der Waals surface area contributed by atoms with Gasteiger partial charge in [-0.3, -0.25) is 4.79 Å². The number of hydrogen-bond donors (Lipinski definition) is 1. The summed E-state index contributed by atoms with van der Waals surface area (Å²) in [6.45, 7) is 0.108. The van der Waals surface area contributed by atoms with Gasteiger partial charge in [0.1, 0.15) is 0 Å². The summed E-state index contributed by atoms with van der Waals surface area (Å²) >= 11 is 0. The maximum atomic E-state index is 13.2. The van der Waals surface area contributed by atoms with Crippen LogP contribution in [0.1, 0.15) is 17.5 Å². The molecule has 0 spiro atoms. The van der Waals surface area contributed by atoms with Crippen molar-refractivity contribution < 1.29 is 13.2 Å². The van der Waals surface area contributed by atoms with Crippen LogP contribution in [-0.2, 0) is 21.1 Å². The smallest absolute Gasteiger partial charge is 0.246 e. The molecule has 1 amide bonds. The minimum atomic E-state index is -3.10. The average molecular weight is 433 g/mol. The van der Waals surface area contributed by atoms with E-state index in [1.807, 2.05) is 36.4 Å². The second-order valence-electron chi connectivity index (χ2n) is 8.22. The van der Waals surface area contributed by atoms with Crippen molar-refractivity contribution in [1.29, 1.82) is 0 Å². The number of carbonyl (C=O) groups is 1. The van der Waals surface area contributed by atoms with Gasteiger partial charge in [-0.15, -0.1) is 0 Å². The van der Waals surface area contributed by atoms with Gasteiger partial charge in [-0.2, -0.15) is 0 Å². The SMILES string of the molecule is O=C(CNc1ccc2c(c1)Cc1ccccc1-2)N(c1ccccc1)C1CCS(=O)(=O)C1. The van der Waals surface area contributed by atoms with Gasteiger partial charge in [-0.05, 0) is 59.4 Å². The molecule has 5 nitrogen and oxygen atoms in total. The number of benzene rings is 3. The van der Waals surface area contributed by atoms with Crippen LogP contribution in [0.2, 0.25) is 0 Å². The van der Waals surface area contributed by atoms with E-state index in [4.69, 9.17) is 0 Å². The lowest BCUT2D eigenvalue weighted by atomic mass is 10.1. The number of para-hydroxylation sites is 1. The van der Waals surface area contributed by atoms with Crippen molar-refractivity contribution in [2.24, 2.45) is 0 Å². The molecule has 2 aliphatic rings. The van der Waals surface area contributed by atoms with Gasteiger partial charge in [0.2, 0.25) is 5.91 Å². The summed E-state index contributed by atoms with van der Waals surface area (Å²) in [7, 11) is -3.10. The van der Waals surface area contributed by atoms with Gasteiger partial charge in [0.15, 0.2) is 9.84 Å². The van der Waals surface area contributed by atoms with E-state index < -0.39 is 9.84 Å². The number of hydrogen-bond acceptors (Lipinski definition) is 4. The number of carbonyl (C=O) groups excluding carboxylic acids is 1. The third-order valence-electron chi connectivity index (χ3n) is 6.11. The van der Waals surface area contributed by atoms with E-state index >= 15 is 0 Å². The average Bonchev–Trinajstić information content (AvgIpc) is 3.32. The summed E-state index contributed by atoms with van der Waals surface area (Å²) in [5.74, 6) is 0.0229. The first-order chi connectivity index (χ1) is 15.0. The molecule has 3 aromatic carbocycles. The van der Waals surface area contributed by atoms with Crippen molar-refractivity contribution in [3.63, 3.8) is 0 Å². The zero-order valence-corrected chi connectivity index (χ0v) is 17.9. The first-order valence-corrected chi connectivity index (χ1v) is 12.3. The Hall–Kier alpha value is -3.12. The predicted octanol–water partition coefficient (Wildman–Crippen LogP) is 3.89. The van der Waals surface area contributed by atoms with Crippen LogP contribution in [0.15, 0.2) is 72.8 Å². The van der Waals surface area contributed by atoms with E-state index in [0.29, 0.717) is 6.42 Å². The molecule has 6 heteroatoms. The molecule has 3 aromatic rings. The van der Waals surface area contributed by atoms with Gasteiger partial charge < -0.3 is 10.2 Å². The standard InChI is InChI=1S/C25H24N2O3S/c28-25(27(21-7-2-1-3-8-21)22-12-13-31(29,30)17-22)16-26-20-10-11-24-19(15-20)14-18-6-4-5-9-23(18)24/h1-11,15,22,26H,12-14,16-17H2. The van der Waals surface area contributed by atoms with Gasteiger partial charge in [0.05, 0.1) is 24.1 Å². The molecule has 1 aliphatic carbocycles. The van der Waals surface area contributed by atoms with Crippen LogP contribution >= 0.6 is 0 Å². The van der Waals surface area contributed by atoms with E-state index in [9.17, 15) is 13.2 Å². The van der Waals surface area contributed by atoms with Crippen LogP contribution < -0.4 is 10.2 Å². The first kappa shape index (κ1) is 19.8. The number of nitrogens with one attached hydrogen (secondary N) is 1. The van der Waals surface area contributed by atoms with E-state index in [-0.39, 0.29) is 30.0 Å². The highest BCUT2D eigenvalue weighted by molar-refractivity contribution is 7.91. The number of nitrogens with zero attached hydrogens (tertiary/aromatic N) is 1. The summed E-state index contributed by atoms with van der Waals surface area (Å²) < 4.78 is 24.1. The van der Waals surface area contributed by atoms with Gasteiger partial charge in [0.25, 0.3) is 0 Å². The Morgan fingerprint density at radius 3 is 2.45 bits per heavy atom. The highest BCUT2D eigenvalue weighted by atomic mass is 32.2. The van der Waals surface area contributed by atoms with Crippen molar-refractivity contribution in [2.45, 2.75) is 18.9 Å². The Kier molecular flexibility index (Phi) is 5.02. The second-order valence-corrected chi connectivity index (χ2v) is 10.4. The fourth-order valence-corrected chi connectivity index (χ4v) is 6.34. The highest BCUT2D eigenvalue weighted by Gasteiger charge is 2.35. The number of fused-ring (bicyclic) bond motifs is 3. The van der Waals surface area contributed by atoms with E-state index in [1.165, 1.54) is 22.3 Å². The summed E-state index contributed by atoms with van der Waals surface area (Å²) in [5.41, 5.74) is 6.73. The molecule has 1 aliphatic heterocycles. The summed E-state index contributed by atoms with van der Waals surface area (Å²) in [4.78, 5) is 14.8. The summed E-state index contributed by atoms with van der Waals surface area (Å²) in [6.07, 6.45) is 1.37. The summed E-state index contributed by atoms with van der Waals surface area (Å²) in [6, 6.07) is 23.6. The van der Waals surface area contributed by atoms with E-state index in [1.54, 1.807) is 4.90 Å². The largest absolute Gasteiger partial charge is 0.376 e. The molecular formula is C25H24N2O3S.